The van der Waals surface area contributed by atoms with Crippen molar-refractivity contribution in [2.24, 2.45) is 0 Å². The van der Waals surface area contributed by atoms with Gasteiger partial charge in [0.2, 0.25) is 5.88 Å². The zero-order valence-electron chi connectivity index (χ0n) is 17.1. The maximum atomic E-state index is 13.1. The van der Waals surface area contributed by atoms with Gasteiger partial charge in [-0.25, -0.2) is 9.19 Å². The minimum absolute atomic E-state index is 0.0726. The Morgan fingerprint density at radius 2 is 1.91 bits per heavy atom. The van der Waals surface area contributed by atoms with Crippen LogP contribution in [0.15, 0.2) is 41.4 Å². The second-order valence-electron chi connectivity index (χ2n) is 7.17. The Labute approximate surface area is 184 Å². The summed E-state index contributed by atoms with van der Waals surface area (Å²) in [5.74, 6) is -0.491. The maximum absolute atomic E-state index is 13.1. The minimum Gasteiger partial charge on any atom is -0.474 e. The Balaban J connectivity index is 1.89. The first-order valence-electron chi connectivity index (χ1n) is 9.68. The van der Waals surface area contributed by atoms with Gasteiger partial charge in [0.1, 0.15) is 12.3 Å². The fourth-order valence-electron chi connectivity index (χ4n) is 3.01. The van der Waals surface area contributed by atoms with Crippen LogP contribution in [0.3, 0.4) is 0 Å². The van der Waals surface area contributed by atoms with E-state index in [0.29, 0.717) is 0 Å². The van der Waals surface area contributed by atoms with Crippen molar-refractivity contribution >= 4 is 22.6 Å². The largest absolute Gasteiger partial charge is 0.474 e. The zero-order chi connectivity index (χ0) is 23.5. The van der Waals surface area contributed by atoms with E-state index >= 15 is 0 Å². The summed E-state index contributed by atoms with van der Waals surface area (Å²) in [4.78, 5) is 16.9. The molecule has 0 fully saturated rings. The molecule has 0 aliphatic carbocycles. The van der Waals surface area contributed by atoms with Gasteiger partial charge in [0, 0.05) is 6.20 Å². The zero-order valence-corrected chi connectivity index (χ0v) is 17.9. The molecule has 3 N–H and O–H groups in total. The summed E-state index contributed by atoms with van der Waals surface area (Å²) in [5, 5.41) is 21.7. The molecule has 0 radical (unpaired) electrons. The molecule has 0 saturated heterocycles. The third-order valence-corrected chi connectivity index (χ3v) is 6.60. The Morgan fingerprint density at radius 1 is 1.25 bits per heavy atom. The molecular formula is C20H22F3N3O5S. The van der Waals surface area contributed by atoms with Crippen LogP contribution in [-0.2, 0) is 17.2 Å². The molecule has 0 saturated carbocycles. The van der Waals surface area contributed by atoms with Crippen molar-refractivity contribution in [1.82, 2.24) is 10.3 Å². The topological polar surface area (TPSA) is 112 Å². The summed E-state index contributed by atoms with van der Waals surface area (Å²) in [6.07, 6.45) is -2.99. The van der Waals surface area contributed by atoms with Crippen LogP contribution < -0.4 is 14.4 Å². The quantitative estimate of drug-likeness (QED) is 0.566. The molecule has 2 heterocycles. The number of aliphatic hydroxyl groups is 2. The molecule has 1 aliphatic rings. The first-order valence-corrected chi connectivity index (χ1v) is 10.8. The van der Waals surface area contributed by atoms with E-state index in [1.54, 1.807) is 6.92 Å². The van der Waals surface area contributed by atoms with E-state index in [4.69, 9.17) is 4.74 Å². The van der Waals surface area contributed by atoms with Gasteiger partial charge < -0.3 is 20.3 Å². The van der Waals surface area contributed by atoms with Gasteiger partial charge in [0.25, 0.3) is 5.91 Å². The van der Waals surface area contributed by atoms with Crippen LogP contribution >= 0.6 is 0 Å². The van der Waals surface area contributed by atoms with Crippen molar-refractivity contribution in [3.05, 3.63) is 47.7 Å². The second-order valence-corrected chi connectivity index (χ2v) is 8.58. The average molecular weight is 473 g/mol. The number of carbonyl (C=O) groups is 1. The monoisotopic (exact) mass is 473 g/mol. The normalized spacial score (nSPS) is 15.0. The highest BCUT2D eigenvalue weighted by atomic mass is 32.2. The summed E-state index contributed by atoms with van der Waals surface area (Å²) in [5.41, 5.74) is -1.76. The smallest absolute Gasteiger partial charge is 0.416 e. The molecule has 1 atom stereocenters. The number of alkyl halides is 3. The van der Waals surface area contributed by atoms with Gasteiger partial charge >= 0.3 is 6.18 Å². The number of aliphatic hydroxyl groups excluding tert-OH is 2. The predicted molar refractivity (Wildman–Crippen MR) is 110 cm³/mol. The Kier molecular flexibility index (Phi) is 7.06. The molecule has 1 unspecified atom stereocenters. The molecule has 174 valence electrons. The summed E-state index contributed by atoms with van der Waals surface area (Å²) in [6, 6.07) is 5.37. The van der Waals surface area contributed by atoms with E-state index in [-0.39, 0.29) is 41.6 Å². The van der Waals surface area contributed by atoms with E-state index in [9.17, 15) is 32.4 Å². The van der Waals surface area contributed by atoms with Gasteiger partial charge in [-0.3, -0.25) is 9.10 Å². The van der Waals surface area contributed by atoms with Crippen LogP contribution in [-0.4, -0.2) is 57.2 Å². The van der Waals surface area contributed by atoms with Crippen molar-refractivity contribution in [3.8, 4) is 5.88 Å². The maximum Gasteiger partial charge on any atom is 0.416 e. The van der Waals surface area contributed by atoms with Crippen LogP contribution in [0.4, 0.5) is 18.9 Å². The number of hydrogen-bond acceptors (Lipinski definition) is 6. The van der Waals surface area contributed by atoms with E-state index in [0.717, 1.165) is 24.3 Å². The molecule has 1 aromatic carbocycles. The van der Waals surface area contributed by atoms with Gasteiger partial charge in [-0.05, 0) is 36.8 Å². The molecule has 8 nitrogen and oxygen atoms in total. The lowest BCUT2D eigenvalue weighted by Gasteiger charge is -2.31. The number of halogens is 3. The molecule has 1 amide bonds. The number of amides is 1. The number of anilines is 1. The van der Waals surface area contributed by atoms with E-state index in [2.05, 4.69) is 10.3 Å². The molecule has 12 heteroatoms. The van der Waals surface area contributed by atoms with Crippen LogP contribution in [0.1, 0.15) is 29.3 Å². The van der Waals surface area contributed by atoms with E-state index in [1.807, 2.05) is 0 Å². The lowest BCUT2D eigenvalue weighted by molar-refractivity contribution is -0.137. The van der Waals surface area contributed by atoms with Crippen molar-refractivity contribution < 1.29 is 37.1 Å². The summed E-state index contributed by atoms with van der Waals surface area (Å²) in [7, 11) is -1.88. The number of fused-ring (bicyclic) bond motifs is 1. The third kappa shape index (κ3) is 4.87. The lowest BCUT2D eigenvalue weighted by Crippen LogP contribution is -2.53. The Hall–Kier alpha value is -2.70. The minimum atomic E-state index is -4.51. The number of nitrogens with zero attached hydrogens (tertiary/aromatic N) is 2. The van der Waals surface area contributed by atoms with Crippen LogP contribution in [0, 0.1) is 0 Å². The van der Waals surface area contributed by atoms with Crippen molar-refractivity contribution in [1.29, 1.82) is 0 Å². The number of ether oxygens (including phenoxy) is 1. The van der Waals surface area contributed by atoms with Crippen LogP contribution in [0.5, 0.6) is 5.88 Å². The van der Waals surface area contributed by atoms with Crippen LogP contribution in [0.25, 0.3) is 0 Å². The lowest BCUT2D eigenvalue weighted by atomic mass is 9.98. The molecule has 1 aliphatic heterocycles. The summed E-state index contributed by atoms with van der Waals surface area (Å²) < 4.78 is 58.3. The first kappa shape index (κ1) is 24.0. The highest BCUT2D eigenvalue weighted by molar-refractivity contribution is 7.86. The van der Waals surface area contributed by atoms with Crippen molar-refractivity contribution in [2.75, 3.05) is 30.7 Å². The van der Waals surface area contributed by atoms with Gasteiger partial charge in [0.15, 0.2) is 11.0 Å². The second kappa shape index (κ2) is 9.43. The number of aromatic nitrogens is 1. The highest BCUT2D eigenvalue weighted by Gasteiger charge is 2.32. The molecule has 1 aromatic heterocycles. The predicted octanol–water partition coefficient (Wildman–Crippen LogP) is 1.89. The number of carbonyl (C=O) groups excluding carboxylic acids is 1. The Morgan fingerprint density at radius 3 is 2.47 bits per heavy atom. The molecule has 0 bridgehead atoms. The molecule has 32 heavy (non-hydrogen) atoms. The summed E-state index contributed by atoms with van der Waals surface area (Å²) >= 11 is 0. The number of pyridine rings is 1. The third-order valence-electron chi connectivity index (χ3n) is 5.14. The first-order chi connectivity index (χ1) is 15.1. The van der Waals surface area contributed by atoms with Gasteiger partial charge in [-0.1, -0.05) is 6.92 Å². The number of nitrogens with one attached hydrogen (secondary N) is 1. The van der Waals surface area contributed by atoms with Crippen molar-refractivity contribution in [3.63, 3.8) is 0 Å². The fourth-order valence-corrected chi connectivity index (χ4v) is 4.19. The van der Waals surface area contributed by atoms with Gasteiger partial charge in [-0.2, -0.15) is 13.2 Å². The van der Waals surface area contributed by atoms with E-state index in [1.165, 1.54) is 16.6 Å². The number of rotatable bonds is 7. The fraction of sp³-hybridized carbons (Fsp3) is 0.400. The Bertz CT molecular complexity index is 989. The molecule has 0 spiro atoms. The number of hydrogen-bond donors (Lipinski definition) is 3. The number of benzene rings is 1. The average Bonchev–Trinajstić information content (AvgIpc) is 2.81. The highest BCUT2D eigenvalue weighted by Crippen LogP contribution is 2.34. The van der Waals surface area contributed by atoms with Gasteiger partial charge in [-0.15, -0.1) is 0 Å². The summed E-state index contributed by atoms with van der Waals surface area (Å²) in [6.45, 7) is 1.04. The molecular weight excluding hydrogens is 451 g/mol. The molecule has 3 rings (SSSR count). The SMILES string of the molecule is CCC(CO)(CO)NC(=O)c1cnc2c(c1)N(S(=O)c1ccc(C(F)(F)F)cc1)CCO2. The van der Waals surface area contributed by atoms with Crippen molar-refractivity contribution in [2.45, 2.75) is 30.0 Å². The molecule has 2 aromatic rings. The van der Waals surface area contributed by atoms with E-state index < -0.39 is 47.4 Å². The van der Waals surface area contributed by atoms with Crippen LogP contribution in [0.2, 0.25) is 0 Å². The van der Waals surface area contributed by atoms with Gasteiger partial charge in [0.05, 0.1) is 41.3 Å². The standard InChI is InChI=1S/C20H22F3N3O5S/c1-2-19(11-27,12-28)25-17(29)13-9-16-18(24-10-13)31-8-7-26(16)32(30)15-5-3-14(4-6-15)20(21,22)23/h3-6,9-10,27-28H,2,7-8,11-12H2,1H3,(H,25,29).